The molecule has 6 heteroatoms. The fraction of sp³-hybridized carbons (Fsp3) is 0.133. The summed E-state index contributed by atoms with van der Waals surface area (Å²) in [6, 6.07) is 13.0. The zero-order chi connectivity index (χ0) is 15.1. The molecule has 0 unspecified atom stereocenters. The lowest BCUT2D eigenvalue weighted by atomic mass is 10.2. The molecule has 0 heterocycles. The molecule has 0 bridgehead atoms. The summed E-state index contributed by atoms with van der Waals surface area (Å²) in [5.74, 6) is 0.479. The summed E-state index contributed by atoms with van der Waals surface area (Å²) in [6.45, 7) is 1.05. The Morgan fingerprint density at radius 1 is 1.14 bits per heavy atom. The first kappa shape index (κ1) is 14.6. The highest BCUT2D eigenvalue weighted by atomic mass is 19.1. The Morgan fingerprint density at radius 3 is 2.43 bits per heavy atom. The molecule has 0 radical (unpaired) electrons. The normalized spacial score (nSPS) is 11.2. The van der Waals surface area contributed by atoms with Gasteiger partial charge in [-0.05, 0) is 48.5 Å². The van der Waals surface area contributed by atoms with Crippen LogP contribution in [0.3, 0.4) is 0 Å². The highest BCUT2D eigenvalue weighted by Gasteiger charge is 2.00. The maximum Gasteiger partial charge on any atom is 0.170 e. The molecule has 0 aromatic heterocycles. The molecule has 110 valence electrons. The monoisotopic (exact) mass is 289 g/mol. The molecule has 0 aliphatic heterocycles. The Hall–Kier alpha value is -2.76. The number of anilines is 1. The van der Waals surface area contributed by atoms with Gasteiger partial charge in [0.15, 0.2) is 5.84 Å². The highest BCUT2D eigenvalue weighted by molar-refractivity contribution is 5.97. The van der Waals surface area contributed by atoms with Crippen LogP contribution in [0.2, 0.25) is 0 Å². The molecule has 0 saturated heterocycles. The van der Waals surface area contributed by atoms with Crippen LogP contribution in [0.1, 0.15) is 5.56 Å². The van der Waals surface area contributed by atoms with Crippen LogP contribution in [0.15, 0.2) is 53.7 Å². The number of ether oxygens (including phenoxy) is 1. The molecule has 0 aliphatic rings. The largest absolute Gasteiger partial charge is 0.492 e. The summed E-state index contributed by atoms with van der Waals surface area (Å²) in [5.41, 5.74) is 6.92. The minimum absolute atomic E-state index is 0.0551. The molecule has 2 aromatic rings. The fourth-order valence-electron chi connectivity index (χ4n) is 1.71. The van der Waals surface area contributed by atoms with Gasteiger partial charge in [0.2, 0.25) is 0 Å². The van der Waals surface area contributed by atoms with Crippen molar-refractivity contribution in [1.82, 2.24) is 0 Å². The van der Waals surface area contributed by atoms with E-state index in [1.807, 2.05) is 0 Å². The topological polar surface area (TPSA) is 79.9 Å². The molecule has 0 fully saturated rings. The molecule has 21 heavy (non-hydrogen) atoms. The van der Waals surface area contributed by atoms with Gasteiger partial charge >= 0.3 is 0 Å². The lowest BCUT2D eigenvalue weighted by Gasteiger charge is -2.09. The molecular weight excluding hydrogens is 273 g/mol. The van der Waals surface area contributed by atoms with Crippen molar-refractivity contribution >= 4 is 11.5 Å². The van der Waals surface area contributed by atoms with E-state index in [1.165, 1.54) is 12.1 Å². The van der Waals surface area contributed by atoms with E-state index in [-0.39, 0.29) is 11.7 Å². The third-order valence-electron chi connectivity index (χ3n) is 2.80. The number of nitrogens with two attached hydrogens (primary N) is 1. The van der Waals surface area contributed by atoms with Crippen molar-refractivity contribution in [1.29, 1.82) is 0 Å². The van der Waals surface area contributed by atoms with E-state index < -0.39 is 0 Å². The summed E-state index contributed by atoms with van der Waals surface area (Å²) in [5, 5.41) is 14.6. The van der Waals surface area contributed by atoms with Crippen LogP contribution in [0.4, 0.5) is 10.1 Å². The van der Waals surface area contributed by atoms with E-state index in [4.69, 9.17) is 15.7 Å². The van der Waals surface area contributed by atoms with Crippen LogP contribution in [-0.4, -0.2) is 24.2 Å². The third-order valence-corrected chi connectivity index (χ3v) is 2.80. The second-order valence-electron chi connectivity index (χ2n) is 4.29. The van der Waals surface area contributed by atoms with Crippen LogP contribution in [0.25, 0.3) is 0 Å². The zero-order valence-corrected chi connectivity index (χ0v) is 11.3. The van der Waals surface area contributed by atoms with Gasteiger partial charge in [0.05, 0.1) is 0 Å². The molecule has 0 atom stereocenters. The molecule has 0 saturated carbocycles. The maximum absolute atomic E-state index is 12.7. The number of oxime groups is 1. The minimum atomic E-state index is -0.261. The van der Waals surface area contributed by atoms with Crippen LogP contribution >= 0.6 is 0 Å². The standard InChI is InChI=1S/C15H16FN3O2/c16-12-3-5-13(6-4-12)18-9-10-21-14-7-1-11(2-8-14)15(17)19-20/h1-8,18,20H,9-10H2,(H2,17,19). The second-order valence-corrected chi connectivity index (χ2v) is 4.29. The first-order valence-electron chi connectivity index (χ1n) is 6.39. The summed E-state index contributed by atoms with van der Waals surface area (Å²) < 4.78 is 18.3. The summed E-state index contributed by atoms with van der Waals surface area (Å²) in [6.07, 6.45) is 0. The van der Waals surface area contributed by atoms with E-state index in [0.29, 0.717) is 24.5 Å². The van der Waals surface area contributed by atoms with Gasteiger partial charge in [0.25, 0.3) is 0 Å². The van der Waals surface area contributed by atoms with Gasteiger partial charge in [0, 0.05) is 17.8 Å². The number of amidine groups is 1. The molecule has 4 N–H and O–H groups in total. The Morgan fingerprint density at radius 2 is 1.81 bits per heavy atom. The first-order chi connectivity index (χ1) is 10.2. The maximum atomic E-state index is 12.7. The first-order valence-corrected chi connectivity index (χ1v) is 6.39. The predicted octanol–water partition coefficient (Wildman–Crippen LogP) is 2.41. The third kappa shape index (κ3) is 4.38. The van der Waals surface area contributed by atoms with Gasteiger partial charge in [-0.1, -0.05) is 5.16 Å². The van der Waals surface area contributed by atoms with E-state index in [9.17, 15) is 4.39 Å². The van der Waals surface area contributed by atoms with Gasteiger partial charge in [-0.2, -0.15) is 0 Å². The molecule has 2 rings (SSSR count). The smallest absolute Gasteiger partial charge is 0.170 e. The van der Waals surface area contributed by atoms with Crippen molar-refractivity contribution in [3.63, 3.8) is 0 Å². The predicted molar refractivity (Wildman–Crippen MR) is 79.3 cm³/mol. The number of benzene rings is 2. The van der Waals surface area contributed by atoms with Crippen molar-refractivity contribution in [2.75, 3.05) is 18.5 Å². The Kier molecular flexibility index (Phi) is 4.98. The van der Waals surface area contributed by atoms with Gasteiger partial charge in [-0.15, -0.1) is 0 Å². The quantitative estimate of drug-likeness (QED) is 0.251. The van der Waals surface area contributed by atoms with Gasteiger partial charge < -0.3 is 21.0 Å². The molecule has 0 amide bonds. The lowest BCUT2D eigenvalue weighted by Crippen LogP contribution is -2.13. The number of nitrogens with zero attached hydrogens (tertiary/aromatic N) is 1. The van der Waals surface area contributed by atoms with Crippen molar-refractivity contribution in [3.05, 3.63) is 59.9 Å². The van der Waals surface area contributed by atoms with E-state index >= 15 is 0 Å². The van der Waals surface area contributed by atoms with Gasteiger partial charge in [-0.25, -0.2) is 4.39 Å². The van der Waals surface area contributed by atoms with Crippen molar-refractivity contribution in [2.24, 2.45) is 10.9 Å². The van der Waals surface area contributed by atoms with Crippen molar-refractivity contribution in [3.8, 4) is 5.75 Å². The fourth-order valence-corrected chi connectivity index (χ4v) is 1.71. The number of halogens is 1. The van der Waals surface area contributed by atoms with Crippen LogP contribution in [0.5, 0.6) is 5.75 Å². The van der Waals surface area contributed by atoms with E-state index in [1.54, 1.807) is 36.4 Å². The molecule has 0 spiro atoms. The number of nitrogens with one attached hydrogen (secondary N) is 1. The average Bonchev–Trinajstić information content (AvgIpc) is 2.53. The zero-order valence-electron chi connectivity index (χ0n) is 11.3. The number of rotatable bonds is 6. The number of hydrogen-bond acceptors (Lipinski definition) is 4. The second kappa shape index (κ2) is 7.14. The van der Waals surface area contributed by atoms with Crippen LogP contribution in [0, 0.1) is 5.82 Å². The highest BCUT2D eigenvalue weighted by Crippen LogP contribution is 2.12. The molecule has 5 nitrogen and oxygen atoms in total. The summed E-state index contributed by atoms with van der Waals surface area (Å²) >= 11 is 0. The lowest BCUT2D eigenvalue weighted by molar-refractivity contribution is 0.318. The molecule has 0 aliphatic carbocycles. The van der Waals surface area contributed by atoms with Crippen LogP contribution < -0.4 is 15.8 Å². The van der Waals surface area contributed by atoms with E-state index in [2.05, 4.69) is 10.5 Å². The minimum Gasteiger partial charge on any atom is -0.492 e. The summed E-state index contributed by atoms with van der Waals surface area (Å²) in [7, 11) is 0. The van der Waals surface area contributed by atoms with Gasteiger partial charge in [0.1, 0.15) is 18.2 Å². The van der Waals surface area contributed by atoms with Crippen LogP contribution in [-0.2, 0) is 0 Å². The average molecular weight is 289 g/mol. The Labute approximate surface area is 121 Å². The van der Waals surface area contributed by atoms with E-state index in [0.717, 1.165) is 5.69 Å². The molecule has 2 aromatic carbocycles. The summed E-state index contributed by atoms with van der Waals surface area (Å²) in [4.78, 5) is 0. The SMILES string of the molecule is NC(=NO)c1ccc(OCCNc2ccc(F)cc2)cc1. The Balaban J connectivity index is 1.77. The van der Waals surface area contributed by atoms with Crippen molar-refractivity contribution in [2.45, 2.75) is 0 Å². The molecular formula is C15H16FN3O2. The Bertz CT molecular complexity index is 597. The van der Waals surface area contributed by atoms with Gasteiger partial charge in [-0.3, -0.25) is 0 Å². The number of hydrogen-bond donors (Lipinski definition) is 3. The van der Waals surface area contributed by atoms with Crippen molar-refractivity contribution < 1.29 is 14.3 Å².